The van der Waals surface area contributed by atoms with Gasteiger partial charge in [0.15, 0.2) is 0 Å². The van der Waals surface area contributed by atoms with E-state index in [1.54, 1.807) is 14.0 Å². The summed E-state index contributed by atoms with van der Waals surface area (Å²) in [5.41, 5.74) is 6.86. The van der Waals surface area contributed by atoms with E-state index in [-0.39, 0.29) is 30.4 Å². The maximum atomic E-state index is 12.1. The highest BCUT2D eigenvalue weighted by molar-refractivity contribution is 5.85. The minimum absolute atomic E-state index is 0. The van der Waals surface area contributed by atoms with Crippen molar-refractivity contribution in [1.29, 1.82) is 0 Å². The van der Waals surface area contributed by atoms with Crippen molar-refractivity contribution in [2.75, 3.05) is 7.11 Å². The first-order valence-electron chi connectivity index (χ1n) is 7.89. The number of carbonyl (C=O) groups is 1. The number of methoxy groups -OCH3 is 1. The van der Waals surface area contributed by atoms with Gasteiger partial charge in [0.2, 0.25) is 5.91 Å². The maximum absolute atomic E-state index is 12.1. The van der Waals surface area contributed by atoms with Gasteiger partial charge in [0.25, 0.3) is 0 Å². The molecule has 0 spiro atoms. The Morgan fingerprint density at radius 2 is 2.04 bits per heavy atom. The molecule has 1 aliphatic rings. The lowest BCUT2D eigenvalue weighted by molar-refractivity contribution is -0.133. The molecule has 1 aromatic rings. The molecular weight excluding hydrogens is 316 g/mol. The molecule has 5 nitrogen and oxygen atoms in total. The van der Waals surface area contributed by atoms with Gasteiger partial charge in [-0.1, -0.05) is 12.1 Å². The van der Waals surface area contributed by atoms with E-state index in [4.69, 9.17) is 15.2 Å². The number of ether oxygens (including phenoxy) is 2. The summed E-state index contributed by atoms with van der Waals surface area (Å²) in [4.78, 5) is 12.1. The van der Waals surface area contributed by atoms with Gasteiger partial charge in [-0.25, -0.2) is 0 Å². The molecule has 0 heterocycles. The molecule has 1 amide bonds. The zero-order valence-electron chi connectivity index (χ0n) is 13.8. The normalized spacial score (nSPS) is 21.9. The van der Waals surface area contributed by atoms with E-state index in [1.807, 2.05) is 24.3 Å². The fraction of sp³-hybridized carbons (Fsp3) is 0.588. The minimum Gasteiger partial charge on any atom is -0.497 e. The molecule has 1 atom stereocenters. The van der Waals surface area contributed by atoms with Crippen molar-refractivity contribution in [2.24, 2.45) is 5.73 Å². The number of nitrogens with two attached hydrogens (primary N) is 1. The van der Waals surface area contributed by atoms with Crippen LogP contribution >= 0.6 is 12.4 Å². The number of nitrogens with one attached hydrogen (secondary N) is 1. The molecule has 1 aliphatic carbocycles. The average Bonchev–Trinajstić information content (AvgIpc) is 2.54. The second-order valence-electron chi connectivity index (χ2n) is 5.93. The second-order valence-corrected chi connectivity index (χ2v) is 5.93. The van der Waals surface area contributed by atoms with Crippen LogP contribution in [0.4, 0.5) is 0 Å². The third kappa shape index (κ3) is 6.37. The summed E-state index contributed by atoms with van der Waals surface area (Å²) in [5.74, 6) is 0.736. The summed E-state index contributed by atoms with van der Waals surface area (Å²) in [5, 5.41) is 3.05. The van der Waals surface area contributed by atoms with E-state index < -0.39 is 6.10 Å². The maximum Gasteiger partial charge on any atom is 0.249 e. The van der Waals surface area contributed by atoms with Crippen LogP contribution in [-0.2, 0) is 16.1 Å². The van der Waals surface area contributed by atoms with Crippen LogP contribution in [0.3, 0.4) is 0 Å². The molecule has 0 aromatic heterocycles. The van der Waals surface area contributed by atoms with Crippen LogP contribution < -0.4 is 15.8 Å². The number of amides is 1. The fourth-order valence-corrected chi connectivity index (χ4v) is 2.64. The highest BCUT2D eigenvalue weighted by Crippen LogP contribution is 2.17. The van der Waals surface area contributed by atoms with Gasteiger partial charge in [-0.3, -0.25) is 4.79 Å². The summed E-state index contributed by atoms with van der Waals surface area (Å²) in [6.45, 7) is 2.17. The highest BCUT2D eigenvalue weighted by Gasteiger charge is 2.22. The summed E-state index contributed by atoms with van der Waals surface area (Å²) < 4.78 is 10.8. The largest absolute Gasteiger partial charge is 0.497 e. The van der Waals surface area contributed by atoms with Crippen molar-refractivity contribution in [3.63, 3.8) is 0 Å². The molecule has 130 valence electrons. The summed E-state index contributed by atoms with van der Waals surface area (Å²) in [6, 6.07) is 8.18. The Bertz CT molecular complexity index is 490. The molecule has 0 bridgehead atoms. The minimum atomic E-state index is -0.471. The van der Waals surface area contributed by atoms with E-state index in [2.05, 4.69) is 5.32 Å². The number of carbonyl (C=O) groups excluding carboxylic acids is 1. The van der Waals surface area contributed by atoms with Crippen molar-refractivity contribution in [3.05, 3.63) is 29.8 Å². The van der Waals surface area contributed by atoms with Crippen LogP contribution in [0, 0.1) is 0 Å². The fourth-order valence-electron chi connectivity index (χ4n) is 2.64. The lowest BCUT2D eigenvalue weighted by atomic mass is 9.92. The van der Waals surface area contributed by atoms with Crippen LogP contribution in [0.2, 0.25) is 0 Å². The van der Waals surface area contributed by atoms with Crippen LogP contribution in [-0.4, -0.2) is 31.2 Å². The molecular formula is C17H27ClN2O3. The van der Waals surface area contributed by atoms with Crippen molar-refractivity contribution in [1.82, 2.24) is 5.32 Å². The Labute approximate surface area is 144 Å². The average molecular weight is 343 g/mol. The molecule has 0 saturated heterocycles. The SMILES string of the molecule is COc1cccc(COC(C)C(=O)NC2CCC(N)CC2)c1.Cl. The number of rotatable bonds is 6. The molecule has 1 aromatic carbocycles. The number of halogens is 1. The van der Waals surface area contributed by atoms with Crippen molar-refractivity contribution in [3.8, 4) is 5.75 Å². The zero-order valence-corrected chi connectivity index (χ0v) is 14.6. The number of hydrogen-bond acceptors (Lipinski definition) is 4. The van der Waals surface area contributed by atoms with E-state index in [0.717, 1.165) is 37.0 Å². The van der Waals surface area contributed by atoms with Crippen molar-refractivity contribution >= 4 is 18.3 Å². The summed E-state index contributed by atoms with van der Waals surface area (Å²) in [6.07, 6.45) is 3.39. The van der Waals surface area contributed by atoms with Crippen LogP contribution in [0.25, 0.3) is 0 Å². The monoisotopic (exact) mass is 342 g/mol. The van der Waals surface area contributed by atoms with Crippen LogP contribution in [0.5, 0.6) is 5.75 Å². The molecule has 1 saturated carbocycles. The predicted octanol–water partition coefficient (Wildman–Crippen LogP) is 2.41. The second kappa shape index (κ2) is 9.75. The van der Waals surface area contributed by atoms with Crippen LogP contribution in [0.1, 0.15) is 38.2 Å². The van der Waals surface area contributed by atoms with E-state index in [0.29, 0.717) is 6.61 Å². The van der Waals surface area contributed by atoms with E-state index in [1.165, 1.54) is 0 Å². The Kier molecular flexibility index (Phi) is 8.37. The van der Waals surface area contributed by atoms with Crippen LogP contribution in [0.15, 0.2) is 24.3 Å². The lowest BCUT2D eigenvalue weighted by Gasteiger charge is -2.27. The molecule has 3 N–H and O–H groups in total. The molecule has 2 rings (SSSR count). The topological polar surface area (TPSA) is 73.6 Å². The molecule has 0 radical (unpaired) electrons. The standard InChI is InChI=1S/C17H26N2O3.ClH/c1-12(17(20)19-15-8-6-14(18)7-9-15)22-11-13-4-3-5-16(10-13)21-2;/h3-5,10,12,14-15H,6-9,11,18H2,1-2H3,(H,19,20);1H. The van der Waals surface area contributed by atoms with Gasteiger partial charge in [0.05, 0.1) is 13.7 Å². The van der Waals surface area contributed by atoms with Gasteiger partial charge in [-0.15, -0.1) is 12.4 Å². The summed E-state index contributed by atoms with van der Waals surface area (Å²) in [7, 11) is 1.63. The van der Waals surface area contributed by atoms with Crippen molar-refractivity contribution < 1.29 is 14.3 Å². The van der Waals surface area contributed by atoms with Gasteiger partial charge in [0, 0.05) is 12.1 Å². The van der Waals surface area contributed by atoms with Gasteiger partial charge in [-0.05, 0) is 50.3 Å². The third-order valence-corrected chi connectivity index (χ3v) is 4.12. The first-order valence-corrected chi connectivity index (χ1v) is 7.89. The first kappa shape index (κ1) is 19.7. The predicted molar refractivity (Wildman–Crippen MR) is 92.9 cm³/mol. The third-order valence-electron chi connectivity index (χ3n) is 4.12. The first-order chi connectivity index (χ1) is 10.6. The lowest BCUT2D eigenvalue weighted by Crippen LogP contribution is -2.44. The van der Waals surface area contributed by atoms with Gasteiger partial charge in [0.1, 0.15) is 11.9 Å². The number of benzene rings is 1. The molecule has 1 fully saturated rings. The van der Waals surface area contributed by atoms with E-state index in [9.17, 15) is 4.79 Å². The van der Waals surface area contributed by atoms with Gasteiger partial charge in [-0.2, -0.15) is 0 Å². The van der Waals surface area contributed by atoms with Crippen molar-refractivity contribution in [2.45, 2.75) is 57.4 Å². The molecule has 23 heavy (non-hydrogen) atoms. The molecule has 6 heteroatoms. The quantitative estimate of drug-likeness (QED) is 0.832. The Morgan fingerprint density at radius 1 is 1.35 bits per heavy atom. The summed E-state index contributed by atoms with van der Waals surface area (Å²) >= 11 is 0. The zero-order chi connectivity index (χ0) is 15.9. The molecule has 0 aliphatic heterocycles. The van der Waals surface area contributed by atoms with Gasteiger partial charge < -0.3 is 20.5 Å². The smallest absolute Gasteiger partial charge is 0.249 e. The highest BCUT2D eigenvalue weighted by atomic mass is 35.5. The van der Waals surface area contributed by atoms with E-state index >= 15 is 0 Å². The van der Waals surface area contributed by atoms with Gasteiger partial charge >= 0.3 is 0 Å². The molecule has 1 unspecified atom stereocenters. The Balaban J connectivity index is 0.00000264. The Hall–Kier alpha value is -1.30. The number of hydrogen-bond donors (Lipinski definition) is 2. The Morgan fingerprint density at radius 3 is 2.70 bits per heavy atom.